The third-order valence-electron chi connectivity index (χ3n) is 3.25. The van der Waals surface area contributed by atoms with Crippen molar-refractivity contribution in [2.24, 2.45) is 0 Å². The molecule has 0 radical (unpaired) electrons. The molecule has 0 bridgehead atoms. The second-order valence-corrected chi connectivity index (χ2v) is 6.23. The van der Waals surface area contributed by atoms with Crippen molar-refractivity contribution < 1.29 is 4.79 Å². The molecule has 0 saturated heterocycles. The molecular weight excluding hydrogens is 316 g/mol. The number of carbonyl (C=O) groups is 1. The zero-order valence-electron chi connectivity index (χ0n) is 12.2. The number of aromatic nitrogens is 1. The predicted octanol–water partition coefficient (Wildman–Crippen LogP) is 4.70. The number of aryl methyl sites for hydroxylation is 2. The topological polar surface area (TPSA) is 34.0 Å². The van der Waals surface area contributed by atoms with Gasteiger partial charge in [0.15, 0.2) is 0 Å². The Kier molecular flexibility index (Phi) is 4.33. The van der Waals surface area contributed by atoms with Gasteiger partial charge in [-0.15, -0.1) is 0 Å². The molecule has 4 heteroatoms. The zero-order chi connectivity index (χ0) is 14.9. The summed E-state index contributed by atoms with van der Waals surface area (Å²) in [7, 11) is 0. The Labute approximate surface area is 128 Å². The van der Waals surface area contributed by atoms with Crippen molar-refractivity contribution in [1.29, 1.82) is 0 Å². The van der Waals surface area contributed by atoms with E-state index in [-0.39, 0.29) is 11.9 Å². The Morgan fingerprint density at radius 3 is 2.60 bits per heavy atom. The minimum atomic E-state index is -0.0851. The fourth-order valence-electron chi connectivity index (χ4n) is 2.11. The fraction of sp³-hybridized carbons (Fsp3) is 0.312. The highest BCUT2D eigenvalue weighted by Gasteiger charge is 2.15. The summed E-state index contributed by atoms with van der Waals surface area (Å²) < 4.78 is 2.88. The number of hydrogen-bond donors (Lipinski definition) is 1. The van der Waals surface area contributed by atoms with Crippen molar-refractivity contribution in [2.75, 3.05) is 5.32 Å². The smallest absolute Gasteiger partial charge is 0.272 e. The van der Waals surface area contributed by atoms with Crippen LogP contribution in [0.25, 0.3) is 0 Å². The normalized spacial score (nSPS) is 10.9. The number of benzene rings is 1. The van der Waals surface area contributed by atoms with Gasteiger partial charge in [0.05, 0.1) is 0 Å². The number of nitrogens with zero attached hydrogens (tertiary/aromatic N) is 1. The number of hydrogen-bond acceptors (Lipinski definition) is 1. The molecule has 0 aliphatic carbocycles. The summed E-state index contributed by atoms with van der Waals surface area (Å²) >= 11 is 3.43. The van der Waals surface area contributed by atoms with E-state index in [1.54, 1.807) is 0 Å². The highest BCUT2D eigenvalue weighted by Crippen LogP contribution is 2.22. The minimum absolute atomic E-state index is 0.0851. The molecule has 1 amide bonds. The molecule has 2 aromatic rings. The Morgan fingerprint density at radius 1 is 1.25 bits per heavy atom. The van der Waals surface area contributed by atoms with E-state index < -0.39 is 0 Å². The van der Waals surface area contributed by atoms with Gasteiger partial charge in [0.2, 0.25) is 0 Å². The van der Waals surface area contributed by atoms with Crippen molar-refractivity contribution in [3.8, 4) is 0 Å². The van der Waals surface area contributed by atoms with Crippen molar-refractivity contribution in [2.45, 2.75) is 33.7 Å². The molecule has 2 rings (SSSR count). The largest absolute Gasteiger partial charge is 0.340 e. The molecular formula is C16H19BrN2O. The van der Waals surface area contributed by atoms with E-state index >= 15 is 0 Å². The van der Waals surface area contributed by atoms with Crippen molar-refractivity contribution in [1.82, 2.24) is 4.57 Å². The summed E-state index contributed by atoms with van der Waals surface area (Å²) in [6, 6.07) is 8.13. The number of anilines is 1. The molecule has 0 atom stereocenters. The van der Waals surface area contributed by atoms with Crippen LogP contribution in [0.5, 0.6) is 0 Å². The molecule has 0 spiro atoms. The molecule has 0 unspecified atom stereocenters. The lowest BCUT2D eigenvalue weighted by atomic mass is 10.1. The second kappa shape index (κ2) is 5.83. The third kappa shape index (κ3) is 3.12. The molecule has 0 aliphatic heterocycles. The monoisotopic (exact) mass is 334 g/mol. The van der Waals surface area contributed by atoms with Crippen LogP contribution in [0.3, 0.4) is 0 Å². The highest BCUT2D eigenvalue weighted by molar-refractivity contribution is 9.10. The van der Waals surface area contributed by atoms with Gasteiger partial charge in [-0.25, -0.2) is 0 Å². The average Bonchev–Trinajstić information content (AvgIpc) is 2.76. The molecule has 1 aromatic carbocycles. The van der Waals surface area contributed by atoms with Crippen LogP contribution >= 0.6 is 15.9 Å². The predicted molar refractivity (Wildman–Crippen MR) is 86.4 cm³/mol. The first kappa shape index (κ1) is 14.9. The van der Waals surface area contributed by atoms with E-state index in [2.05, 4.69) is 35.1 Å². The van der Waals surface area contributed by atoms with Crippen LogP contribution in [0.2, 0.25) is 0 Å². The van der Waals surface area contributed by atoms with Gasteiger partial charge in [-0.1, -0.05) is 12.1 Å². The van der Waals surface area contributed by atoms with Gasteiger partial charge in [-0.3, -0.25) is 4.79 Å². The molecule has 0 fully saturated rings. The molecule has 20 heavy (non-hydrogen) atoms. The summed E-state index contributed by atoms with van der Waals surface area (Å²) in [5.74, 6) is -0.0851. The van der Waals surface area contributed by atoms with Gasteiger partial charge in [0.1, 0.15) is 5.69 Å². The van der Waals surface area contributed by atoms with Gasteiger partial charge < -0.3 is 9.88 Å². The summed E-state index contributed by atoms with van der Waals surface area (Å²) in [6.07, 6.45) is 1.93. The summed E-state index contributed by atoms with van der Waals surface area (Å²) in [5.41, 5.74) is 3.72. The fourth-order valence-corrected chi connectivity index (χ4v) is 2.55. The van der Waals surface area contributed by atoms with Crippen LogP contribution in [0.1, 0.15) is 41.5 Å². The Balaban J connectivity index is 2.31. The molecule has 1 N–H and O–H groups in total. The maximum atomic E-state index is 12.5. The number of amides is 1. The lowest BCUT2D eigenvalue weighted by molar-refractivity contribution is 0.101. The third-order valence-corrected chi connectivity index (χ3v) is 3.68. The SMILES string of the molecule is Cc1ccc(C)c(NC(=O)c2cc(Br)cn2C(C)C)c1. The van der Waals surface area contributed by atoms with Gasteiger partial charge in [0, 0.05) is 22.4 Å². The average molecular weight is 335 g/mol. The van der Waals surface area contributed by atoms with E-state index in [1.165, 1.54) is 0 Å². The summed E-state index contributed by atoms with van der Waals surface area (Å²) in [6.45, 7) is 8.12. The van der Waals surface area contributed by atoms with Gasteiger partial charge >= 0.3 is 0 Å². The van der Waals surface area contributed by atoms with E-state index in [0.717, 1.165) is 21.3 Å². The lowest BCUT2D eigenvalue weighted by Gasteiger charge is -2.14. The summed E-state index contributed by atoms with van der Waals surface area (Å²) in [4.78, 5) is 12.5. The van der Waals surface area contributed by atoms with Crippen LogP contribution in [-0.2, 0) is 0 Å². The van der Waals surface area contributed by atoms with Crippen molar-refractivity contribution in [3.05, 3.63) is 51.8 Å². The van der Waals surface area contributed by atoms with E-state index in [0.29, 0.717) is 5.69 Å². The number of carbonyl (C=O) groups excluding carboxylic acids is 1. The van der Waals surface area contributed by atoms with Gasteiger partial charge in [0.25, 0.3) is 5.91 Å². The lowest BCUT2D eigenvalue weighted by Crippen LogP contribution is -2.18. The van der Waals surface area contributed by atoms with Crippen LogP contribution in [0.15, 0.2) is 34.9 Å². The van der Waals surface area contributed by atoms with Crippen LogP contribution < -0.4 is 5.32 Å². The minimum Gasteiger partial charge on any atom is -0.340 e. The first-order chi connectivity index (χ1) is 9.38. The quantitative estimate of drug-likeness (QED) is 0.867. The first-order valence-electron chi connectivity index (χ1n) is 6.64. The van der Waals surface area contributed by atoms with E-state index in [4.69, 9.17) is 0 Å². The first-order valence-corrected chi connectivity index (χ1v) is 7.43. The maximum absolute atomic E-state index is 12.5. The van der Waals surface area contributed by atoms with Gasteiger partial charge in [-0.2, -0.15) is 0 Å². The van der Waals surface area contributed by atoms with Crippen LogP contribution in [-0.4, -0.2) is 10.5 Å². The van der Waals surface area contributed by atoms with E-state index in [9.17, 15) is 4.79 Å². The number of nitrogens with one attached hydrogen (secondary N) is 1. The van der Waals surface area contributed by atoms with Gasteiger partial charge in [-0.05, 0) is 66.9 Å². The summed E-state index contributed by atoms with van der Waals surface area (Å²) in [5, 5.41) is 3.00. The number of halogens is 1. The zero-order valence-corrected chi connectivity index (χ0v) is 13.8. The van der Waals surface area contributed by atoms with E-state index in [1.807, 2.05) is 48.9 Å². The Hall–Kier alpha value is -1.55. The van der Waals surface area contributed by atoms with Crippen LogP contribution in [0, 0.1) is 13.8 Å². The van der Waals surface area contributed by atoms with Crippen molar-refractivity contribution >= 4 is 27.5 Å². The molecule has 1 heterocycles. The maximum Gasteiger partial charge on any atom is 0.272 e. The molecule has 0 saturated carbocycles. The molecule has 3 nitrogen and oxygen atoms in total. The second-order valence-electron chi connectivity index (χ2n) is 5.32. The van der Waals surface area contributed by atoms with Crippen molar-refractivity contribution in [3.63, 3.8) is 0 Å². The molecule has 0 aliphatic rings. The highest BCUT2D eigenvalue weighted by atomic mass is 79.9. The van der Waals surface area contributed by atoms with Crippen LogP contribution in [0.4, 0.5) is 5.69 Å². The molecule has 106 valence electrons. The Morgan fingerprint density at radius 2 is 1.95 bits per heavy atom. The standard InChI is InChI=1S/C16H19BrN2O/c1-10(2)19-9-13(17)8-15(19)16(20)18-14-7-11(3)5-6-12(14)4/h5-10H,1-4H3,(H,18,20). The Bertz CT molecular complexity index is 644. The number of rotatable bonds is 3. The molecule has 1 aromatic heterocycles.